The van der Waals surface area contributed by atoms with Crippen LogP contribution in [0.5, 0.6) is 0 Å². The van der Waals surface area contributed by atoms with Crippen LogP contribution in [-0.2, 0) is 4.74 Å². The number of aromatic nitrogens is 2. The van der Waals surface area contributed by atoms with E-state index in [0.717, 1.165) is 18.5 Å². The quantitative estimate of drug-likeness (QED) is 0.797. The molecule has 2 heterocycles. The molecule has 0 N–H and O–H groups in total. The summed E-state index contributed by atoms with van der Waals surface area (Å²) in [7, 11) is 0. The van der Waals surface area contributed by atoms with Crippen molar-refractivity contribution in [2.24, 2.45) is 0 Å². The molecule has 1 aromatic heterocycles. The van der Waals surface area contributed by atoms with Crippen LogP contribution in [0.4, 0.5) is 4.79 Å². The van der Waals surface area contributed by atoms with E-state index in [1.165, 1.54) is 4.90 Å². The Bertz CT molecular complexity index is 626. The van der Waals surface area contributed by atoms with Crippen LogP contribution in [-0.4, -0.2) is 32.7 Å². The van der Waals surface area contributed by atoms with Crippen molar-refractivity contribution >= 4 is 11.8 Å². The van der Waals surface area contributed by atoms with Gasteiger partial charge in [-0.05, 0) is 40.5 Å². The Morgan fingerprint density at radius 2 is 2.10 bits per heavy atom. The van der Waals surface area contributed by atoms with E-state index in [9.17, 15) is 9.59 Å². The zero-order valence-electron chi connectivity index (χ0n) is 12.9. The van der Waals surface area contributed by atoms with Gasteiger partial charge in [-0.3, -0.25) is 19.2 Å². The molecular weight excluding hydrogens is 270 g/mol. The van der Waals surface area contributed by atoms with E-state index >= 15 is 0 Å². The first kappa shape index (κ1) is 15.3. The van der Waals surface area contributed by atoms with Gasteiger partial charge in [-0.2, -0.15) is 0 Å². The van der Waals surface area contributed by atoms with E-state index in [2.05, 4.69) is 4.98 Å². The maximum atomic E-state index is 12.1. The largest absolute Gasteiger partial charge is 0.443 e. The fourth-order valence-electron chi connectivity index (χ4n) is 2.12. The van der Waals surface area contributed by atoms with Crippen molar-refractivity contribution in [3.05, 3.63) is 34.6 Å². The number of carbonyl (C=O) groups is 1. The molecule has 0 unspecified atom stereocenters. The van der Waals surface area contributed by atoms with Gasteiger partial charge in [-0.15, -0.1) is 0 Å². The van der Waals surface area contributed by atoms with Crippen LogP contribution in [0.15, 0.2) is 23.4 Å². The number of carbonyl (C=O) groups excluding carboxylic acids is 1. The topological polar surface area (TPSA) is 64.4 Å². The molecule has 0 bridgehead atoms. The third-order valence-corrected chi connectivity index (χ3v) is 3.09. The van der Waals surface area contributed by atoms with Gasteiger partial charge in [-0.1, -0.05) is 0 Å². The molecule has 6 nitrogen and oxygen atoms in total. The standard InChI is InChI=1S/C15H21N3O3/c1-11-13(19)18(9-7-16-11)12-6-5-8-17(10-12)14(20)21-15(2,3)4/h7,9-10H,5-6,8H2,1-4H3. The molecule has 0 aromatic carbocycles. The lowest BCUT2D eigenvalue weighted by atomic mass is 10.1. The van der Waals surface area contributed by atoms with E-state index in [1.807, 2.05) is 20.8 Å². The molecule has 6 heteroatoms. The molecule has 0 aliphatic carbocycles. The van der Waals surface area contributed by atoms with Gasteiger partial charge in [0.05, 0.1) is 0 Å². The second-order valence-corrected chi connectivity index (χ2v) is 6.09. The summed E-state index contributed by atoms with van der Waals surface area (Å²) in [5.41, 5.74) is 0.525. The van der Waals surface area contributed by atoms with Gasteiger partial charge in [-0.25, -0.2) is 4.79 Å². The summed E-state index contributed by atoms with van der Waals surface area (Å²) in [6, 6.07) is 0. The van der Waals surface area contributed by atoms with E-state index < -0.39 is 11.7 Å². The Hall–Kier alpha value is -2.11. The smallest absolute Gasteiger partial charge is 0.414 e. The third kappa shape index (κ3) is 3.71. The van der Waals surface area contributed by atoms with Crippen LogP contribution in [0.25, 0.3) is 5.70 Å². The summed E-state index contributed by atoms with van der Waals surface area (Å²) in [6.07, 6.45) is 6.04. The lowest BCUT2D eigenvalue weighted by molar-refractivity contribution is 0.0328. The van der Waals surface area contributed by atoms with Crippen LogP contribution in [0, 0.1) is 6.92 Å². The highest BCUT2D eigenvalue weighted by molar-refractivity contribution is 5.71. The minimum atomic E-state index is -0.535. The minimum absolute atomic E-state index is 0.158. The van der Waals surface area contributed by atoms with E-state index in [1.54, 1.807) is 30.1 Å². The number of ether oxygens (including phenoxy) is 1. The van der Waals surface area contributed by atoms with Crippen LogP contribution in [0.1, 0.15) is 39.3 Å². The zero-order chi connectivity index (χ0) is 15.6. The first-order chi connectivity index (χ1) is 9.78. The number of nitrogens with zero attached hydrogens (tertiary/aromatic N) is 3. The Balaban J connectivity index is 2.27. The summed E-state index contributed by atoms with van der Waals surface area (Å²) in [4.78, 5) is 29.7. The van der Waals surface area contributed by atoms with Gasteiger partial charge in [0.25, 0.3) is 5.56 Å². The van der Waals surface area contributed by atoms with Gasteiger partial charge in [0.1, 0.15) is 11.3 Å². The maximum absolute atomic E-state index is 12.1. The number of allylic oxidation sites excluding steroid dienone is 1. The van der Waals surface area contributed by atoms with Gasteiger partial charge in [0, 0.05) is 30.8 Å². The van der Waals surface area contributed by atoms with Crippen LogP contribution >= 0.6 is 0 Å². The molecule has 0 fully saturated rings. The van der Waals surface area contributed by atoms with Gasteiger partial charge < -0.3 is 4.74 Å². The summed E-state index contributed by atoms with van der Waals surface area (Å²) in [5.74, 6) is 0. The molecular formula is C15H21N3O3. The molecule has 2 rings (SSSR count). The first-order valence-electron chi connectivity index (χ1n) is 7.03. The average Bonchev–Trinajstić information content (AvgIpc) is 2.40. The van der Waals surface area contributed by atoms with Gasteiger partial charge in [0.15, 0.2) is 0 Å². The predicted molar refractivity (Wildman–Crippen MR) is 79.7 cm³/mol. The Morgan fingerprint density at radius 3 is 2.76 bits per heavy atom. The second-order valence-electron chi connectivity index (χ2n) is 6.09. The Labute approximate surface area is 124 Å². The molecule has 1 aliphatic rings. The summed E-state index contributed by atoms with van der Waals surface area (Å²) in [6.45, 7) is 7.76. The summed E-state index contributed by atoms with van der Waals surface area (Å²) >= 11 is 0. The van der Waals surface area contributed by atoms with Crippen LogP contribution in [0.2, 0.25) is 0 Å². The number of amides is 1. The van der Waals surface area contributed by atoms with Crippen molar-refractivity contribution in [2.75, 3.05) is 6.54 Å². The predicted octanol–water partition coefficient (Wildman–Crippen LogP) is 2.38. The number of hydrogen-bond acceptors (Lipinski definition) is 4. The molecule has 0 atom stereocenters. The second kappa shape index (κ2) is 5.71. The highest BCUT2D eigenvalue weighted by Gasteiger charge is 2.24. The van der Waals surface area contributed by atoms with Gasteiger partial charge >= 0.3 is 6.09 Å². The molecule has 1 amide bonds. The lowest BCUT2D eigenvalue weighted by Gasteiger charge is -2.28. The normalized spacial score (nSPS) is 15.6. The molecule has 0 radical (unpaired) electrons. The fraction of sp³-hybridized carbons (Fsp3) is 0.533. The zero-order valence-corrected chi connectivity index (χ0v) is 12.9. The molecule has 1 aromatic rings. The van der Waals surface area contributed by atoms with Crippen molar-refractivity contribution in [2.45, 2.75) is 46.1 Å². The molecule has 0 saturated heterocycles. The van der Waals surface area contributed by atoms with Crippen LogP contribution < -0.4 is 5.56 Å². The number of rotatable bonds is 1. The first-order valence-corrected chi connectivity index (χ1v) is 7.03. The van der Waals surface area contributed by atoms with E-state index in [-0.39, 0.29) is 5.56 Å². The van der Waals surface area contributed by atoms with Crippen molar-refractivity contribution in [1.82, 2.24) is 14.5 Å². The highest BCUT2D eigenvalue weighted by Crippen LogP contribution is 2.20. The van der Waals surface area contributed by atoms with E-state index in [0.29, 0.717) is 12.2 Å². The number of hydrogen-bond donors (Lipinski definition) is 0. The van der Waals surface area contributed by atoms with Crippen molar-refractivity contribution in [3.8, 4) is 0 Å². The van der Waals surface area contributed by atoms with Gasteiger partial charge in [0.2, 0.25) is 0 Å². The monoisotopic (exact) mass is 291 g/mol. The molecule has 1 aliphatic heterocycles. The minimum Gasteiger partial charge on any atom is -0.443 e. The molecule has 0 spiro atoms. The fourth-order valence-corrected chi connectivity index (χ4v) is 2.12. The van der Waals surface area contributed by atoms with Crippen molar-refractivity contribution < 1.29 is 9.53 Å². The molecule has 21 heavy (non-hydrogen) atoms. The lowest BCUT2D eigenvalue weighted by Crippen LogP contribution is -2.36. The van der Waals surface area contributed by atoms with Crippen molar-refractivity contribution in [1.29, 1.82) is 0 Å². The average molecular weight is 291 g/mol. The van der Waals surface area contributed by atoms with Crippen LogP contribution in [0.3, 0.4) is 0 Å². The number of aryl methyl sites for hydroxylation is 1. The molecule has 114 valence electrons. The van der Waals surface area contributed by atoms with E-state index in [4.69, 9.17) is 4.74 Å². The maximum Gasteiger partial charge on any atom is 0.414 e. The Kier molecular flexibility index (Phi) is 4.16. The third-order valence-electron chi connectivity index (χ3n) is 3.09. The summed E-state index contributed by atoms with van der Waals surface area (Å²) < 4.78 is 6.90. The highest BCUT2D eigenvalue weighted by atomic mass is 16.6. The Morgan fingerprint density at radius 1 is 1.38 bits per heavy atom. The van der Waals surface area contributed by atoms with Crippen molar-refractivity contribution in [3.63, 3.8) is 0 Å². The molecule has 0 saturated carbocycles. The SMILES string of the molecule is Cc1nccn(C2=CN(C(=O)OC(C)(C)C)CCC2)c1=O. The summed E-state index contributed by atoms with van der Waals surface area (Å²) in [5, 5.41) is 0.